The van der Waals surface area contributed by atoms with E-state index in [1.807, 2.05) is 6.92 Å². The number of aromatic nitrogens is 4. The number of halogens is 1. The van der Waals surface area contributed by atoms with Crippen molar-refractivity contribution in [1.29, 1.82) is 0 Å². The van der Waals surface area contributed by atoms with Gasteiger partial charge in [-0.15, -0.1) is 0 Å². The summed E-state index contributed by atoms with van der Waals surface area (Å²) >= 11 is 0. The van der Waals surface area contributed by atoms with Gasteiger partial charge in [-0.05, 0) is 30.7 Å². The van der Waals surface area contributed by atoms with E-state index >= 15 is 0 Å². The topological polar surface area (TPSA) is 75.9 Å². The van der Waals surface area contributed by atoms with E-state index in [4.69, 9.17) is 0 Å². The molecule has 1 aromatic carbocycles. The van der Waals surface area contributed by atoms with E-state index in [1.54, 1.807) is 23.0 Å². The van der Waals surface area contributed by atoms with Gasteiger partial charge in [0.05, 0.1) is 29.9 Å². The van der Waals surface area contributed by atoms with Crippen molar-refractivity contribution in [2.24, 2.45) is 0 Å². The summed E-state index contributed by atoms with van der Waals surface area (Å²) in [4.78, 5) is 8.47. The Morgan fingerprint density at radius 2 is 2.05 bits per heavy atom. The number of rotatable bonds is 5. The van der Waals surface area contributed by atoms with Crippen molar-refractivity contribution in [1.82, 2.24) is 19.7 Å². The maximum absolute atomic E-state index is 13.0. The van der Waals surface area contributed by atoms with Crippen molar-refractivity contribution >= 4 is 16.9 Å². The quantitative estimate of drug-likeness (QED) is 0.755. The summed E-state index contributed by atoms with van der Waals surface area (Å²) in [5.41, 5.74) is 1.34. The molecule has 0 amide bonds. The number of fused-ring (bicyclic) bond motifs is 1. The van der Waals surface area contributed by atoms with Gasteiger partial charge in [0.2, 0.25) is 0 Å². The van der Waals surface area contributed by atoms with Gasteiger partial charge in [0, 0.05) is 0 Å². The van der Waals surface area contributed by atoms with Gasteiger partial charge in [-0.3, -0.25) is 0 Å². The molecule has 0 aliphatic carbocycles. The van der Waals surface area contributed by atoms with E-state index in [0.717, 1.165) is 17.5 Å². The minimum absolute atomic E-state index is 0.0219. The third kappa shape index (κ3) is 2.62. The molecule has 0 radical (unpaired) electrons. The van der Waals surface area contributed by atoms with Gasteiger partial charge in [-0.1, -0.05) is 6.92 Å². The third-order valence-corrected chi connectivity index (χ3v) is 3.49. The molecule has 114 valence electrons. The van der Waals surface area contributed by atoms with Gasteiger partial charge >= 0.3 is 0 Å². The number of aliphatic hydroxyl groups is 1. The molecule has 0 aliphatic rings. The van der Waals surface area contributed by atoms with Crippen LogP contribution in [-0.2, 0) is 0 Å². The van der Waals surface area contributed by atoms with Crippen LogP contribution in [0.5, 0.6) is 0 Å². The van der Waals surface area contributed by atoms with Gasteiger partial charge in [-0.25, -0.2) is 19.0 Å². The number of hydrogen-bond donors (Lipinski definition) is 2. The first-order valence-electron chi connectivity index (χ1n) is 7.05. The lowest BCUT2D eigenvalue weighted by atomic mass is 10.2. The summed E-state index contributed by atoms with van der Waals surface area (Å²) in [6.45, 7) is 2.00. The van der Waals surface area contributed by atoms with E-state index in [9.17, 15) is 9.50 Å². The predicted molar refractivity (Wildman–Crippen MR) is 81.4 cm³/mol. The lowest BCUT2D eigenvalue weighted by molar-refractivity contribution is 0.271. The van der Waals surface area contributed by atoms with Crippen LogP contribution >= 0.6 is 0 Å². The maximum atomic E-state index is 13.0. The van der Waals surface area contributed by atoms with Crippen LogP contribution in [0.15, 0.2) is 36.8 Å². The highest BCUT2D eigenvalue weighted by Crippen LogP contribution is 2.22. The zero-order valence-corrected chi connectivity index (χ0v) is 12.1. The van der Waals surface area contributed by atoms with Gasteiger partial charge in [0.25, 0.3) is 0 Å². The van der Waals surface area contributed by atoms with Crippen LogP contribution in [0.3, 0.4) is 0 Å². The van der Waals surface area contributed by atoms with Crippen LogP contribution in [0.25, 0.3) is 16.7 Å². The second kappa shape index (κ2) is 6.07. The van der Waals surface area contributed by atoms with E-state index in [1.165, 1.54) is 18.5 Å². The molecule has 2 heterocycles. The summed E-state index contributed by atoms with van der Waals surface area (Å²) in [6, 6.07) is 5.95. The molecule has 0 bridgehead atoms. The zero-order valence-electron chi connectivity index (χ0n) is 12.1. The minimum atomic E-state index is -0.300. The molecule has 0 unspecified atom stereocenters. The molecule has 0 saturated carbocycles. The second-order valence-corrected chi connectivity index (χ2v) is 4.92. The van der Waals surface area contributed by atoms with Crippen molar-refractivity contribution in [3.63, 3.8) is 0 Å². The van der Waals surface area contributed by atoms with Crippen molar-refractivity contribution in [3.05, 3.63) is 42.6 Å². The van der Waals surface area contributed by atoms with Gasteiger partial charge in [0.1, 0.15) is 18.0 Å². The van der Waals surface area contributed by atoms with Crippen molar-refractivity contribution in [2.45, 2.75) is 19.4 Å². The Morgan fingerprint density at radius 3 is 2.73 bits per heavy atom. The molecule has 7 heteroatoms. The normalized spacial score (nSPS) is 12.5. The fourth-order valence-electron chi connectivity index (χ4n) is 2.20. The summed E-state index contributed by atoms with van der Waals surface area (Å²) in [7, 11) is 0. The lowest BCUT2D eigenvalue weighted by Crippen LogP contribution is -2.23. The molecule has 2 N–H and O–H groups in total. The Morgan fingerprint density at radius 1 is 1.27 bits per heavy atom. The van der Waals surface area contributed by atoms with Crippen LogP contribution in [0, 0.1) is 5.82 Å². The Hall–Kier alpha value is -2.54. The molecule has 1 atom stereocenters. The fraction of sp³-hybridized carbons (Fsp3) is 0.267. The molecule has 0 saturated heterocycles. The minimum Gasteiger partial charge on any atom is -0.394 e. The largest absolute Gasteiger partial charge is 0.394 e. The van der Waals surface area contributed by atoms with Crippen LogP contribution in [0.1, 0.15) is 13.3 Å². The van der Waals surface area contributed by atoms with Crippen LogP contribution in [0.4, 0.5) is 10.2 Å². The number of nitrogens with zero attached hydrogens (tertiary/aromatic N) is 4. The molecular weight excluding hydrogens is 285 g/mol. The first-order chi connectivity index (χ1) is 10.7. The van der Waals surface area contributed by atoms with Crippen LogP contribution in [0.2, 0.25) is 0 Å². The first-order valence-corrected chi connectivity index (χ1v) is 7.05. The molecule has 3 aromatic rings. The van der Waals surface area contributed by atoms with Crippen molar-refractivity contribution < 1.29 is 9.50 Å². The second-order valence-electron chi connectivity index (χ2n) is 4.92. The lowest BCUT2D eigenvalue weighted by Gasteiger charge is -2.14. The smallest absolute Gasteiger partial charge is 0.168 e. The standard InChI is InChI=1S/C15H16FN5O/c1-2-11(8-22)20-14-13-7-19-21(15(13)18-9-17-14)12-5-3-10(16)4-6-12/h3-7,9,11,22H,2,8H2,1H3,(H,17,18,20)/t11-/m1/s1. The van der Waals surface area contributed by atoms with Crippen LogP contribution < -0.4 is 5.32 Å². The SMILES string of the molecule is CC[C@H](CO)Nc1ncnc2c1cnn2-c1ccc(F)cc1. The predicted octanol–water partition coefficient (Wildman–Crippen LogP) is 2.14. The van der Waals surface area contributed by atoms with E-state index in [0.29, 0.717) is 11.5 Å². The Bertz CT molecular complexity index is 767. The summed E-state index contributed by atoms with van der Waals surface area (Å²) < 4.78 is 14.7. The first kappa shape index (κ1) is 14.4. The molecule has 0 spiro atoms. The Kier molecular flexibility index (Phi) is 3.97. The number of aliphatic hydroxyl groups excluding tert-OH is 1. The average molecular weight is 301 g/mol. The highest BCUT2D eigenvalue weighted by molar-refractivity contribution is 5.87. The molecule has 0 fully saturated rings. The highest BCUT2D eigenvalue weighted by atomic mass is 19.1. The van der Waals surface area contributed by atoms with E-state index in [2.05, 4.69) is 20.4 Å². The highest BCUT2D eigenvalue weighted by Gasteiger charge is 2.13. The number of nitrogens with one attached hydrogen (secondary N) is 1. The zero-order chi connectivity index (χ0) is 15.5. The summed E-state index contributed by atoms with van der Waals surface area (Å²) in [5, 5.41) is 17.5. The number of hydrogen-bond acceptors (Lipinski definition) is 5. The Labute approximate surface area is 126 Å². The van der Waals surface area contributed by atoms with Crippen molar-refractivity contribution in [2.75, 3.05) is 11.9 Å². The Balaban J connectivity index is 2.03. The fourth-order valence-corrected chi connectivity index (χ4v) is 2.20. The molecule has 6 nitrogen and oxygen atoms in total. The van der Waals surface area contributed by atoms with E-state index < -0.39 is 0 Å². The molecule has 22 heavy (non-hydrogen) atoms. The molecular formula is C15H16FN5O. The summed E-state index contributed by atoms with van der Waals surface area (Å²) in [5.74, 6) is 0.324. The van der Waals surface area contributed by atoms with Gasteiger partial charge in [-0.2, -0.15) is 5.10 Å². The van der Waals surface area contributed by atoms with Gasteiger partial charge < -0.3 is 10.4 Å². The van der Waals surface area contributed by atoms with Crippen molar-refractivity contribution in [3.8, 4) is 5.69 Å². The molecule has 3 rings (SSSR count). The molecule has 2 aromatic heterocycles. The van der Waals surface area contributed by atoms with Crippen LogP contribution in [-0.4, -0.2) is 37.5 Å². The monoisotopic (exact) mass is 301 g/mol. The maximum Gasteiger partial charge on any atom is 0.168 e. The number of benzene rings is 1. The van der Waals surface area contributed by atoms with E-state index in [-0.39, 0.29) is 18.5 Å². The summed E-state index contributed by atoms with van der Waals surface area (Å²) in [6.07, 6.45) is 3.87. The molecule has 0 aliphatic heterocycles. The van der Waals surface area contributed by atoms with Gasteiger partial charge in [0.15, 0.2) is 5.65 Å². The number of anilines is 1. The average Bonchev–Trinajstić information content (AvgIpc) is 2.98. The third-order valence-electron chi connectivity index (χ3n) is 3.49.